The number of hydrogen-bond acceptors (Lipinski definition) is 4. The van der Waals surface area contributed by atoms with Crippen LogP contribution in [0, 0.1) is 0 Å². The van der Waals surface area contributed by atoms with Crippen molar-refractivity contribution in [2.45, 2.75) is 6.54 Å². The van der Waals surface area contributed by atoms with Crippen LogP contribution in [0.5, 0.6) is 0 Å². The molecule has 3 heterocycles. The fraction of sp³-hybridized carbons (Fsp3) is 0.0500. The fourth-order valence-electron chi connectivity index (χ4n) is 2.64. The van der Waals surface area contributed by atoms with Gasteiger partial charge in [0.25, 0.3) is 5.91 Å². The number of rotatable bonds is 5. The molecule has 4 aromatic rings. The summed E-state index contributed by atoms with van der Waals surface area (Å²) >= 11 is 1.63. The van der Waals surface area contributed by atoms with Crippen LogP contribution in [-0.4, -0.2) is 20.7 Å². The normalized spacial score (nSPS) is 10.6. The summed E-state index contributed by atoms with van der Waals surface area (Å²) in [5.74, 6) is -0.199. The minimum Gasteiger partial charge on any atom is -0.346 e. The van der Waals surface area contributed by atoms with E-state index in [0.717, 1.165) is 21.8 Å². The molecule has 4 rings (SSSR count). The van der Waals surface area contributed by atoms with Crippen molar-refractivity contribution in [1.29, 1.82) is 0 Å². The van der Waals surface area contributed by atoms with Crippen LogP contribution in [-0.2, 0) is 6.54 Å². The van der Waals surface area contributed by atoms with Gasteiger partial charge in [-0.2, -0.15) is 5.10 Å². The Labute approximate surface area is 155 Å². The van der Waals surface area contributed by atoms with Gasteiger partial charge in [-0.1, -0.05) is 30.3 Å². The molecule has 3 aromatic heterocycles. The Hall–Kier alpha value is -3.25. The molecule has 0 unspecified atom stereocenters. The molecule has 0 aliphatic heterocycles. The highest BCUT2D eigenvalue weighted by atomic mass is 32.1. The van der Waals surface area contributed by atoms with Crippen LogP contribution in [0.2, 0.25) is 0 Å². The van der Waals surface area contributed by atoms with Gasteiger partial charge in [-0.05, 0) is 35.7 Å². The van der Waals surface area contributed by atoms with Gasteiger partial charge < -0.3 is 5.32 Å². The second kappa shape index (κ2) is 7.33. The highest BCUT2D eigenvalue weighted by molar-refractivity contribution is 7.13. The highest BCUT2D eigenvalue weighted by Gasteiger charge is 2.15. The molecule has 1 amide bonds. The van der Waals surface area contributed by atoms with E-state index in [9.17, 15) is 4.79 Å². The zero-order valence-electron chi connectivity index (χ0n) is 13.9. The summed E-state index contributed by atoms with van der Waals surface area (Å²) < 4.78 is 1.84. The minimum absolute atomic E-state index is 0.199. The van der Waals surface area contributed by atoms with Crippen LogP contribution in [0.4, 0.5) is 0 Å². The van der Waals surface area contributed by atoms with E-state index in [1.807, 2.05) is 58.7 Å². The van der Waals surface area contributed by atoms with Gasteiger partial charge in [-0.25, -0.2) is 4.68 Å². The predicted octanol–water partition coefficient (Wildman–Crippen LogP) is 3.93. The number of pyridine rings is 1. The van der Waals surface area contributed by atoms with E-state index in [1.165, 1.54) is 0 Å². The summed E-state index contributed by atoms with van der Waals surface area (Å²) in [6.45, 7) is 0.384. The second-order valence-electron chi connectivity index (χ2n) is 5.66. The molecule has 0 aliphatic carbocycles. The molecule has 0 fully saturated rings. The molecule has 128 valence electrons. The molecule has 5 nitrogen and oxygen atoms in total. The second-order valence-corrected chi connectivity index (χ2v) is 6.61. The molecule has 1 aromatic carbocycles. The number of carbonyl (C=O) groups excluding carboxylic acids is 1. The largest absolute Gasteiger partial charge is 0.346 e. The molecule has 1 N–H and O–H groups in total. The summed E-state index contributed by atoms with van der Waals surface area (Å²) in [6, 6.07) is 19.2. The van der Waals surface area contributed by atoms with Crippen molar-refractivity contribution < 1.29 is 4.79 Å². The van der Waals surface area contributed by atoms with Crippen molar-refractivity contribution in [2.24, 2.45) is 0 Å². The average Bonchev–Trinajstić information content (AvgIpc) is 3.37. The van der Waals surface area contributed by atoms with E-state index in [-0.39, 0.29) is 5.91 Å². The van der Waals surface area contributed by atoms with Gasteiger partial charge in [0.1, 0.15) is 11.4 Å². The maximum absolute atomic E-state index is 12.3. The number of benzene rings is 1. The molecule has 0 aliphatic rings. The van der Waals surface area contributed by atoms with Gasteiger partial charge >= 0.3 is 0 Å². The molecular weight excluding hydrogens is 344 g/mol. The summed E-state index contributed by atoms with van der Waals surface area (Å²) in [4.78, 5) is 17.5. The van der Waals surface area contributed by atoms with Crippen LogP contribution in [0.1, 0.15) is 16.1 Å². The Morgan fingerprint density at radius 3 is 2.62 bits per heavy atom. The number of hydrogen-bond donors (Lipinski definition) is 1. The number of nitrogens with one attached hydrogen (secondary N) is 1. The number of carbonyl (C=O) groups is 1. The van der Waals surface area contributed by atoms with Crippen molar-refractivity contribution in [3.05, 3.63) is 89.7 Å². The Morgan fingerprint density at radius 2 is 1.88 bits per heavy atom. The Kier molecular flexibility index (Phi) is 4.57. The number of thiophene rings is 1. The third kappa shape index (κ3) is 3.41. The zero-order valence-corrected chi connectivity index (χ0v) is 14.7. The zero-order chi connectivity index (χ0) is 17.8. The Balaban J connectivity index is 1.62. The van der Waals surface area contributed by atoms with Gasteiger partial charge in [0.2, 0.25) is 0 Å². The lowest BCUT2D eigenvalue weighted by molar-refractivity contribution is 0.0946. The Bertz CT molecular complexity index is 995. The van der Waals surface area contributed by atoms with Gasteiger partial charge in [0, 0.05) is 24.5 Å². The number of nitrogens with zero attached hydrogens (tertiary/aromatic N) is 3. The third-order valence-electron chi connectivity index (χ3n) is 3.90. The lowest BCUT2D eigenvalue weighted by Gasteiger charge is -2.04. The van der Waals surface area contributed by atoms with Crippen molar-refractivity contribution in [1.82, 2.24) is 20.1 Å². The maximum Gasteiger partial charge on any atom is 0.270 e. The number of amides is 1. The first-order chi connectivity index (χ1) is 12.8. The van der Waals surface area contributed by atoms with Crippen LogP contribution < -0.4 is 5.32 Å². The highest BCUT2D eigenvalue weighted by Crippen LogP contribution is 2.27. The molecule has 0 saturated carbocycles. The van der Waals surface area contributed by atoms with Crippen LogP contribution >= 0.6 is 11.3 Å². The van der Waals surface area contributed by atoms with E-state index in [2.05, 4.69) is 10.3 Å². The SMILES string of the molecule is O=C(NCc1cn(-c2ccccc2)nc1-c1cccs1)c1ccccn1. The number of para-hydroxylation sites is 1. The molecule has 0 spiro atoms. The van der Waals surface area contributed by atoms with Gasteiger partial charge in [0.05, 0.1) is 10.6 Å². The minimum atomic E-state index is -0.199. The summed E-state index contributed by atoms with van der Waals surface area (Å²) in [5.41, 5.74) is 3.22. The molecule has 6 heteroatoms. The lowest BCUT2D eigenvalue weighted by Crippen LogP contribution is -2.23. The fourth-order valence-corrected chi connectivity index (χ4v) is 3.38. The van der Waals surface area contributed by atoms with Crippen LogP contribution in [0.25, 0.3) is 16.3 Å². The summed E-state index contributed by atoms with van der Waals surface area (Å²) in [5, 5.41) is 9.69. The van der Waals surface area contributed by atoms with Crippen LogP contribution in [0.3, 0.4) is 0 Å². The topological polar surface area (TPSA) is 59.8 Å². The van der Waals surface area contributed by atoms with E-state index in [4.69, 9.17) is 5.10 Å². The predicted molar refractivity (Wildman–Crippen MR) is 102 cm³/mol. The first kappa shape index (κ1) is 16.2. The van der Waals surface area contributed by atoms with E-state index in [0.29, 0.717) is 12.2 Å². The van der Waals surface area contributed by atoms with Crippen molar-refractivity contribution in [2.75, 3.05) is 0 Å². The van der Waals surface area contributed by atoms with E-state index < -0.39 is 0 Å². The van der Waals surface area contributed by atoms with E-state index >= 15 is 0 Å². The van der Waals surface area contributed by atoms with Crippen molar-refractivity contribution in [3.8, 4) is 16.3 Å². The molecule has 0 atom stereocenters. The maximum atomic E-state index is 12.3. The number of aromatic nitrogens is 3. The monoisotopic (exact) mass is 360 g/mol. The smallest absolute Gasteiger partial charge is 0.270 e. The first-order valence-corrected chi connectivity index (χ1v) is 9.06. The Morgan fingerprint density at radius 1 is 1.04 bits per heavy atom. The summed E-state index contributed by atoms with van der Waals surface area (Å²) in [6.07, 6.45) is 3.57. The molecule has 26 heavy (non-hydrogen) atoms. The van der Waals surface area contributed by atoms with Gasteiger partial charge in [-0.3, -0.25) is 9.78 Å². The lowest BCUT2D eigenvalue weighted by atomic mass is 10.2. The average molecular weight is 360 g/mol. The first-order valence-electron chi connectivity index (χ1n) is 8.18. The van der Waals surface area contributed by atoms with Crippen molar-refractivity contribution in [3.63, 3.8) is 0 Å². The third-order valence-corrected chi connectivity index (χ3v) is 4.78. The molecular formula is C20H16N4OS. The van der Waals surface area contributed by atoms with Crippen molar-refractivity contribution >= 4 is 17.2 Å². The molecule has 0 radical (unpaired) electrons. The molecule has 0 bridgehead atoms. The van der Waals surface area contributed by atoms with Gasteiger partial charge in [-0.15, -0.1) is 11.3 Å². The van der Waals surface area contributed by atoms with Crippen LogP contribution in [0.15, 0.2) is 78.4 Å². The van der Waals surface area contributed by atoms with E-state index in [1.54, 1.807) is 35.7 Å². The standard InChI is InChI=1S/C20H16N4OS/c25-20(17-9-4-5-11-21-17)22-13-15-14-24(16-7-2-1-3-8-16)23-19(15)18-10-6-12-26-18/h1-12,14H,13H2,(H,22,25). The summed E-state index contributed by atoms with van der Waals surface area (Å²) in [7, 11) is 0. The van der Waals surface area contributed by atoms with Gasteiger partial charge in [0.15, 0.2) is 0 Å². The quantitative estimate of drug-likeness (QED) is 0.587. The molecule has 0 saturated heterocycles.